The molecule has 0 radical (unpaired) electrons. The van der Waals surface area contributed by atoms with Gasteiger partial charge in [-0.1, -0.05) is 0 Å². The molecule has 4 rings (SSSR count). The quantitative estimate of drug-likeness (QED) is 0.0773. The number of aliphatic hydroxyl groups is 12. The molecule has 324 valence electrons. The van der Waals surface area contributed by atoms with Crippen LogP contribution in [0, 0.1) is 0 Å². The Kier molecular flexibility index (Phi) is 15.8. The van der Waals surface area contributed by atoms with Crippen LogP contribution < -0.4 is 10.6 Å². The lowest BCUT2D eigenvalue weighted by Gasteiger charge is -2.51. The van der Waals surface area contributed by atoms with E-state index in [0.29, 0.717) is 0 Å². The first-order valence-electron chi connectivity index (χ1n) is 17.6. The number of nitrogens with one attached hydrogen (secondary N) is 2. The summed E-state index contributed by atoms with van der Waals surface area (Å²) < 4.78 is 39.7. The average Bonchev–Trinajstić information content (AvgIpc) is 3.14. The number of carbonyl (C=O) groups excluding carboxylic acids is 2. The Labute approximate surface area is 317 Å². The van der Waals surface area contributed by atoms with Crippen molar-refractivity contribution in [1.29, 1.82) is 0 Å². The lowest BCUT2D eigenvalue weighted by Crippen LogP contribution is -2.71. The predicted octanol–water partition coefficient (Wildman–Crippen LogP) is -9.23. The van der Waals surface area contributed by atoms with Gasteiger partial charge in [-0.2, -0.15) is 0 Å². The number of aliphatic carboxylic acids is 1. The van der Waals surface area contributed by atoms with Crippen LogP contribution >= 0.6 is 0 Å². The molecular weight excluding hydrogens is 768 g/mol. The maximum atomic E-state index is 12.9. The molecule has 56 heavy (non-hydrogen) atoms. The van der Waals surface area contributed by atoms with Crippen LogP contribution in [0.15, 0.2) is 0 Å². The third kappa shape index (κ3) is 9.74. The van der Waals surface area contributed by atoms with E-state index in [1.807, 2.05) is 0 Å². The highest BCUT2D eigenvalue weighted by atomic mass is 16.8. The number of hydrogen-bond donors (Lipinski definition) is 15. The van der Waals surface area contributed by atoms with Crippen molar-refractivity contribution >= 4 is 17.8 Å². The molecule has 0 aromatic carbocycles. The lowest BCUT2D eigenvalue weighted by molar-refractivity contribution is -0.390. The fourth-order valence-electron chi connectivity index (χ4n) is 6.99. The Morgan fingerprint density at radius 1 is 0.732 bits per heavy atom. The first kappa shape index (κ1) is 46.3. The smallest absolute Gasteiger partial charge is 0.364 e. The topological polar surface area (TPSA) is 403 Å². The van der Waals surface area contributed by atoms with Gasteiger partial charge in [0.05, 0.1) is 38.1 Å². The molecule has 4 aliphatic rings. The van der Waals surface area contributed by atoms with Crippen molar-refractivity contribution in [3.05, 3.63) is 0 Å². The van der Waals surface area contributed by atoms with Gasteiger partial charge in [-0.3, -0.25) is 9.59 Å². The van der Waals surface area contributed by atoms with Crippen molar-refractivity contribution in [2.45, 2.75) is 155 Å². The molecule has 4 aliphatic heterocycles. The normalized spacial score (nSPS) is 45.7. The summed E-state index contributed by atoms with van der Waals surface area (Å²) in [5, 5.41) is 142. The fourth-order valence-corrected chi connectivity index (χ4v) is 6.99. The molecule has 4 saturated heterocycles. The average molecular weight is 821 g/mol. The van der Waals surface area contributed by atoms with E-state index in [9.17, 15) is 80.8 Å². The summed E-state index contributed by atoms with van der Waals surface area (Å²) in [5.74, 6) is -6.69. The highest BCUT2D eigenvalue weighted by molar-refractivity contribution is 5.76. The highest BCUT2D eigenvalue weighted by Gasteiger charge is 2.60. The second-order valence-electron chi connectivity index (χ2n) is 14.0. The number of aliphatic hydroxyl groups excluding tert-OH is 12. The van der Waals surface area contributed by atoms with Gasteiger partial charge in [0, 0.05) is 20.3 Å². The lowest BCUT2D eigenvalue weighted by atomic mass is 9.88. The maximum Gasteiger partial charge on any atom is 0.364 e. The zero-order valence-corrected chi connectivity index (χ0v) is 30.3. The first-order chi connectivity index (χ1) is 26.2. The summed E-state index contributed by atoms with van der Waals surface area (Å²) in [6, 6.07) is -3.22. The Hall–Kier alpha value is -2.35. The number of carboxylic acids is 1. The third-order valence-electron chi connectivity index (χ3n) is 9.94. The second kappa shape index (κ2) is 19.1. The summed E-state index contributed by atoms with van der Waals surface area (Å²) in [7, 11) is 0. The van der Waals surface area contributed by atoms with Gasteiger partial charge in [0.1, 0.15) is 85.4 Å². The van der Waals surface area contributed by atoms with Crippen molar-refractivity contribution in [3.8, 4) is 0 Å². The van der Waals surface area contributed by atoms with E-state index in [1.54, 1.807) is 0 Å². The van der Waals surface area contributed by atoms with Crippen LogP contribution in [-0.2, 0) is 47.5 Å². The first-order valence-corrected chi connectivity index (χ1v) is 17.6. The predicted molar refractivity (Wildman–Crippen MR) is 173 cm³/mol. The van der Waals surface area contributed by atoms with Crippen LogP contribution in [0.25, 0.3) is 0 Å². The van der Waals surface area contributed by atoms with Crippen LogP contribution in [0.5, 0.6) is 0 Å². The van der Waals surface area contributed by atoms with Crippen molar-refractivity contribution in [1.82, 2.24) is 10.6 Å². The van der Waals surface area contributed by atoms with Gasteiger partial charge in [-0.05, 0) is 6.92 Å². The van der Waals surface area contributed by atoms with Crippen molar-refractivity contribution in [3.63, 3.8) is 0 Å². The van der Waals surface area contributed by atoms with E-state index >= 15 is 0 Å². The highest BCUT2D eigenvalue weighted by Crippen LogP contribution is 2.39. The molecule has 0 spiro atoms. The van der Waals surface area contributed by atoms with Crippen LogP contribution in [0.4, 0.5) is 0 Å². The van der Waals surface area contributed by atoms with Crippen molar-refractivity contribution in [2.24, 2.45) is 0 Å². The van der Waals surface area contributed by atoms with E-state index in [1.165, 1.54) is 6.92 Å². The molecule has 25 nitrogen and oxygen atoms in total. The zero-order chi connectivity index (χ0) is 42.0. The molecule has 21 atom stereocenters. The van der Waals surface area contributed by atoms with Crippen molar-refractivity contribution < 1.29 is 114 Å². The molecule has 4 fully saturated rings. The monoisotopic (exact) mass is 820 g/mol. The van der Waals surface area contributed by atoms with E-state index in [2.05, 4.69) is 10.6 Å². The number of amides is 2. The summed E-state index contributed by atoms with van der Waals surface area (Å²) in [6.07, 6.45) is -35.1. The molecule has 0 saturated carbocycles. The summed E-state index contributed by atoms with van der Waals surface area (Å²) >= 11 is 0. The van der Waals surface area contributed by atoms with Crippen LogP contribution in [-0.4, -0.2) is 232 Å². The molecular formula is C31H52N2O23. The third-order valence-corrected chi connectivity index (χ3v) is 9.94. The van der Waals surface area contributed by atoms with Gasteiger partial charge >= 0.3 is 5.97 Å². The molecule has 0 aliphatic carbocycles. The number of hydrogen-bond acceptors (Lipinski definition) is 22. The summed E-state index contributed by atoms with van der Waals surface area (Å²) in [6.45, 7) is 0.283. The number of carboxylic acid groups (broad SMARTS) is 1. The standard InChI is InChI=1S/C31H52N2O23/c1-8-17(41)20(44)21(45)28(50-8)54-25-16(33-10(3)38)27(47)51-14(7-36)23(25)53-29-22(46)26(19(43)13(6-35)52-29)56-31(30(48)49)4-11(39)15(32-9(2)37)24(55-31)18(42)12(40)5-34/h8,11-29,34-36,39-47H,4-7H2,1-3H3,(H,32,37)(H,33,38)(H,48,49)/t8-,11-,12+,13+,14+,15+,16+,17+,18-,19-,20+,21-,22+,23+,24+,25+,26-,27+,28-,29-,31-/m0/s1. The maximum absolute atomic E-state index is 12.9. The SMILES string of the molecule is CC(=O)N[C@@H]1[C@@H](O[C@@H]2O[C@@H](C)[C@@H](O)[C@@H](O)[C@@H]2O)[C@H](O[C@@H]2O[C@H](CO)[C@H](O)[C@H](O[C@]3(C(=O)O)C[C@H](O)[C@@H](NC(C)=O)[C@H]([C@@H](O)[C@H](O)CO)O3)[C@H]2O)[C@@H](CO)O[C@H]1O. The minimum atomic E-state index is -3.12. The molecule has 4 heterocycles. The molecule has 15 N–H and O–H groups in total. The molecule has 0 aromatic rings. The van der Waals surface area contributed by atoms with Gasteiger partial charge in [0.15, 0.2) is 18.9 Å². The van der Waals surface area contributed by atoms with E-state index in [-0.39, 0.29) is 0 Å². The van der Waals surface area contributed by atoms with E-state index in [0.717, 1.165) is 13.8 Å². The zero-order valence-electron chi connectivity index (χ0n) is 30.3. The minimum Gasteiger partial charge on any atom is -0.477 e. The van der Waals surface area contributed by atoms with Gasteiger partial charge in [-0.15, -0.1) is 0 Å². The molecule has 0 aromatic heterocycles. The molecule has 2 amide bonds. The molecule has 0 bridgehead atoms. The Morgan fingerprint density at radius 3 is 1.86 bits per heavy atom. The molecule has 0 unspecified atom stereocenters. The van der Waals surface area contributed by atoms with Gasteiger partial charge in [0.2, 0.25) is 11.8 Å². The van der Waals surface area contributed by atoms with Crippen LogP contribution in [0.3, 0.4) is 0 Å². The van der Waals surface area contributed by atoms with Gasteiger partial charge in [-0.25, -0.2) is 4.79 Å². The Balaban J connectivity index is 1.71. The van der Waals surface area contributed by atoms with Crippen LogP contribution in [0.2, 0.25) is 0 Å². The second-order valence-corrected chi connectivity index (χ2v) is 14.0. The Morgan fingerprint density at radius 2 is 1.30 bits per heavy atom. The van der Waals surface area contributed by atoms with E-state index in [4.69, 9.17) is 33.2 Å². The largest absolute Gasteiger partial charge is 0.477 e. The number of carbonyl (C=O) groups is 3. The van der Waals surface area contributed by atoms with E-state index < -0.39 is 172 Å². The molecule has 25 heteroatoms. The van der Waals surface area contributed by atoms with Gasteiger partial charge in [0.25, 0.3) is 5.79 Å². The summed E-state index contributed by atoms with van der Waals surface area (Å²) in [5.41, 5.74) is 0. The van der Waals surface area contributed by atoms with Crippen LogP contribution in [0.1, 0.15) is 27.2 Å². The number of rotatable bonds is 14. The minimum absolute atomic E-state index is 0.767. The number of ether oxygens (including phenoxy) is 7. The Bertz CT molecular complexity index is 1330. The van der Waals surface area contributed by atoms with Crippen molar-refractivity contribution in [2.75, 3.05) is 19.8 Å². The van der Waals surface area contributed by atoms with Gasteiger partial charge < -0.3 is 110 Å². The summed E-state index contributed by atoms with van der Waals surface area (Å²) in [4.78, 5) is 37.0. The fraction of sp³-hybridized carbons (Fsp3) is 0.903.